The summed E-state index contributed by atoms with van der Waals surface area (Å²) < 4.78 is 27.0. The van der Waals surface area contributed by atoms with E-state index in [1.807, 2.05) is 19.2 Å². The zero-order chi connectivity index (χ0) is 15.7. The van der Waals surface area contributed by atoms with Gasteiger partial charge in [0.05, 0.1) is 4.90 Å². The highest BCUT2D eigenvalue weighted by Crippen LogP contribution is 2.10. The van der Waals surface area contributed by atoms with Crippen molar-refractivity contribution in [3.05, 3.63) is 29.8 Å². The van der Waals surface area contributed by atoms with E-state index in [2.05, 4.69) is 28.8 Å². The first-order valence-corrected chi connectivity index (χ1v) is 8.97. The van der Waals surface area contributed by atoms with E-state index in [9.17, 15) is 8.42 Å². The molecule has 0 spiro atoms. The Morgan fingerprint density at radius 1 is 1.10 bits per heavy atom. The molecule has 1 aromatic rings. The van der Waals surface area contributed by atoms with Crippen molar-refractivity contribution in [3.8, 4) is 0 Å². The molecule has 0 saturated carbocycles. The summed E-state index contributed by atoms with van der Waals surface area (Å²) in [5, 5.41) is 3.04. The highest BCUT2D eigenvalue weighted by Gasteiger charge is 2.13. The zero-order valence-electron chi connectivity index (χ0n) is 13.2. The van der Waals surface area contributed by atoms with E-state index in [1.165, 1.54) is 0 Å². The van der Waals surface area contributed by atoms with Crippen molar-refractivity contribution in [3.63, 3.8) is 0 Å². The molecule has 2 N–H and O–H groups in total. The summed E-state index contributed by atoms with van der Waals surface area (Å²) >= 11 is 0. The maximum absolute atomic E-state index is 12.2. The summed E-state index contributed by atoms with van der Waals surface area (Å²) in [7, 11) is -1.54. The van der Waals surface area contributed by atoms with Crippen molar-refractivity contribution < 1.29 is 8.42 Å². The van der Waals surface area contributed by atoms with Gasteiger partial charge in [-0.05, 0) is 44.3 Å². The molecule has 6 heteroatoms. The first-order valence-electron chi connectivity index (χ1n) is 7.49. The third-order valence-corrected chi connectivity index (χ3v) is 4.80. The molecule has 0 saturated heterocycles. The van der Waals surface area contributed by atoms with E-state index in [0.29, 0.717) is 11.4 Å². The van der Waals surface area contributed by atoms with Crippen LogP contribution in [0.25, 0.3) is 0 Å². The van der Waals surface area contributed by atoms with Crippen LogP contribution in [0.2, 0.25) is 0 Å². The highest BCUT2D eigenvalue weighted by atomic mass is 32.2. The molecular formula is C15H27N3O2S. The van der Waals surface area contributed by atoms with Crippen LogP contribution in [0.1, 0.15) is 25.8 Å². The summed E-state index contributed by atoms with van der Waals surface area (Å²) in [5.41, 5.74) is 1.07. The lowest BCUT2D eigenvalue weighted by molar-refractivity contribution is 0.293. The average Bonchev–Trinajstić information content (AvgIpc) is 2.47. The van der Waals surface area contributed by atoms with E-state index >= 15 is 0 Å². The van der Waals surface area contributed by atoms with Crippen LogP contribution >= 0.6 is 0 Å². The van der Waals surface area contributed by atoms with Crippen molar-refractivity contribution in [1.82, 2.24) is 14.9 Å². The summed E-state index contributed by atoms with van der Waals surface area (Å²) in [5.74, 6) is 0. The molecule has 0 amide bonds. The van der Waals surface area contributed by atoms with Crippen LogP contribution < -0.4 is 10.0 Å². The largest absolute Gasteiger partial charge is 0.316 e. The predicted molar refractivity (Wildman–Crippen MR) is 86.8 cm³/mol. The van der Waals surface area contributed by atoms with Crippen LogP contribution in [0.4, 0.5) is 0 Å². The van der Waals surface area contributed by atoms with E-state index in [-0.39, 0.29) is 0 Å². The van der Waals surface area contributed by atoms with Gasteiger partial charge in [-0.2, -0.15) is 0 Å². The van der Waals surface area contributed by atoms with E-state index in [0.717, 1.165) is 38.2 Å². The lowest BCUT2D eigenvalue weighted by Gasteiger charge is -2.19. The number of benzene rings is 1. The normalized spacial score (nSPS) is 12.0. The number of sulfonamides is 1. The molecule has 21 heavy (non-hydrogen) atoms. The second-order valence-electron chi connectivity index (χ2n) is 5.01. The van der Waals surface area contributed by atoms with Gasteiger partial charge in [0.25, 0.3) is 0 Å². The zero-order valence-corrected chi connectivity index (χ0v) is 14.0. The third-order valence-electron chi connectivity index (χ3n) is 3.32. The molecule has 0 atom stereocenters. The van der Waals surface area contributed by atoms with Gasteiger partial charge in [0.1, 0.15) is 0 Å². The molecule has 0 radical (unpaired) electrons. The fourth-order valence-corrected chi connectivity index (χ4v) is 3.18. The fourth-order valence-electron chi connectivity index (χ4n) is 2.16. The van der Waals surface area contributed by atoms with Gasteiger partial charge in [0.15, 0.2) is 0 Å². The number of rotatable bonds is 10. The average molecular weight is 313 g/mol. The van der Waals surface area contributed by atoms with Gasteiger partial charge < -0.3 is 10.2 Å². The Kier molecular flexibility index (Phi) is 7.88. The SMILES string of the molecule is CCCN(CC)CCNS(=O)(=O)c1ccc(CNC)cc1. The molecule has 120 valence electrons. The van der Waals surface area contributed by atoms with Crippen LogP contribution in [0, 0.1) is 0 Å². The lowest BCUT2D eigenvalue weighted by atomic mass is 10.2. The van der Waals surface area contributed by atoms with Gasteiger partial charge in [-0.25, -0.2) is 13.1 Å². The molecule has 0 fully saturated rings. The number of nitrogens with zero attached hydrogens (tertiary/aromatic N) is 1. The monoisotopic (exact) mass is 313 g/mol. The van der Waals surface area contributed by atoms with Crippen LogP contribution in [-0.4, -0.2) is 46.5 Å². The maximum Gasteiger partial charge on any atom is 0.240 e. The van der Waals surface area contributed by atoms with Crippen LogP contribution in [-0.2, 0) is 16.6 Å². The molecule has 0 aliphatic carbocycles. The molecule has 0 aliphatic rings. The number of hydrogen-bond donors (Lipinski definition) is 2. The Morgan fingerprint density at radius 3 is 2.29 bits per heavy atom. The summed E-state index contributed by atoms with van der Waals surface area (Å²) in [6.07, 6.45) is 1.08. The van der Waals surface area contributed by atoms with Gasteiger partial charge in [0, 0.05) is 19.6 Å². The number of hydrogen-bond acceptors (Lipinski definition) is 4. The Hall–Kier alpha value is -0.950. The minimum Gasteiger partial charge on any atom is -0.316 e. The molecule has 1 aromatic carbocycles. The summed E-state index contributed by atoms with van der Waals surface area (Å²) in [6, 6.07) is 6.97. The first kappa shape index (κ1) is 18.1. The lowest BCUT2D eigenvalue weighted by Crippen LogP contribution is -2.35. The van der Waals surface area contributed by atoms with Crippen LogP contribution in [0.3, 0.4) is 0 Å². The molecule has 0 bridgehead atoms. The molecule has 1 rings (SSSR count). The molecule has 5 nitrogen and oxygen atoms in total. The minimum absolute atomic E-state index is 0.320. The molecule has 0 aromatic heterocycles. The molecule has 0 unspecified atom stereocenters. The first-order chi connectivity index (χ1) is 10.0. The van der Waals surface area contributed by atoms with Gasteiger partial charge in [-0.3, -0.25) is 0 Å². The second kappa shape index (κ2) is 9.15. The maximum atomic E-state index is 12.2. The Bertz CT molecular complexity index is 500. The standard InChI is InChI=1S/C15H27N3O2S/c1-4-11-18(5-2)12-10-17-21(19,20)15-8-6-14(7-9-15)13-16-3/h6-9,16-17H,4-5,10-13H2,1-3H3. The molecular weight excluding hydrogens is 286 g/mol. The predicted octanol–water partition coefficient (Wildman–Crippen LogP) is 1.42. The van der Waals surface area contributed by atoms with Crippen molar-refractivity contribution in [2.24, 2.45) is 0 Å². The van der Waals surface area contributed by atoms with E-state index in [4.69, 9.17) is 0 Å². The van der Waals surface area contributed by atoms with E-state index in [1.54, 1.807) is 12.1 Å². The van der Waals surface area contributed by atoms with Gasteiger partial charge in [0.2, 0.25) is 10.0 Å². The summed E-state index contributed by atoms with van der Waals surface area (Å²) in [4.78, 5) is 2.55. The summed E-state index contributed by atoms with van der Waals surface area (Å²) in [6.45, 7) is 8.06. The number of nitrogens with one attached hydrogen (secondary N) is 2. The fraction of sp³-hybridized carbons (Fsp3) is 0.600. The Morgan fingerprint density at radius 2 is 1.76 bits per heavy atom. The van der Waals surface area contributed by atoms with Gasteiger partial charge >= 0.3 is 0 Å². The topological polar surface area (TPSA) is 61.4 Å². The van der Waals surface area contributed by atoms with Crippen molar-refractivity contribution in [2.45, 2.75) is 31.7 Å². The quantitative estimate of drug-likeness (QED) is 0.686. The van der Waals surface area contributed by atoms with Crippen molar-refractivity contribution in [2.75, 3.05) is 33.2 Å². The van der Waals surface area contributed by atoms with Crippen molar-refractivity contribution in [1.29, 1.82) is 0 Å². The van der Waals surface area contributed by atoms with Crippen LogP contribution in [0.5, 0.6) is 0 Å². The van der Waals surface area contributed by atoms with Crippen molar-refractivity contribution >= 4 is 10.0 Å². The molecule has 0 aliphatic heterocycles. The van der Waals surface area contributed by atoms with Crippen LogP contribution in [0.15, 0.2) is 29.2 Å². The smallest absolute Gasteiger partial charge is 0.240 e. The third kappa shape index (κ3) is 6.13. The Labute approximate surface area is 128 Å². The number of likely N-dealkylation sites (N-methyl/N-ethyl adjacent to an activating group) is 1. The molecule has 0 heterocycles. The Balaban J connectivity index is 2.56. The van der Waals surface area contributed by atoms with Gasteiger partial charge in [-0.15, -0.1) is 0 Å². The minimum atomic E-state index is -3.41. The van der Waals surface area contributed by atoms with Gasteiger partial charge in [-0.1, -0.05) is 26.0 Å². The van der Waals surface area contributed by atoms with E-state index < -0.39 is 10.0 Å². The second-order valence-corrected chi connectivity index (χ2v) is 6.77. The highest BCUT2D eigenvalue weighted by molar-refractivity contribution is 7.89.